The van der Waals surface area contributed by atoms with Gasteiger partial charge < -0.3 is 10.4 Å². The van der Waals surface area contributed by atoms with Gasteiger partial charge in [0.25, 0.3) is 0 Å². The highest BCUT2D eigenvalue weighted by molar-refractivity contribution is 5.96. The van der Waals surface area contributed by atoms with Crippen molar-refractivity contribution in [2.75, 3.05) is 0 Å². The third-order valence-electron chi connectivity index (χ3n) is 2.87. The Morgan fingerprint density at radius 1 is 0.952 bits per heavy atom. The molecule has 0 heterocycles. The average molecular weight is 281 g/mol. The summed E-state index contributed by atoms with van der Waals surface area (Å²) in [4.78, 5) is 22.0. The van der Waals surface area contributed by atoms with E-state index < -0.39 is 11.9 Å². The van der Waals surface area contributed by atoms with Crippen LogP contribution in [0.15, 0.2) is 60.3 Å². The number of nitrogens with one attached hydrogen (secondary N) is 1. The largest absolute Gasteiger partial charge is 0.477 e. The second kappa shape index (κ2) is 6.52. The number of aliphatic carboxylic acids is 1. The number of rotatable bonds is 4. The van der Waals surface area contributed by atoms with Gasteiger partial charge in [-0.05, 0) is 22.8 Å². The van der Waals surface area contributed by atoms with Crippen molar-refractivity contribution in [3.8, 4) is 11.1 Å². The first-order chi connectivity index (χ1) is 10.1. The maximum Gasteiger partial charge on any atom is 0.352 e. The first kappa shape index (κ1) is 14.5. The minimum atomic E-state index is -1.17. The highest BCUT2D eigenvalue weighted by Crippen LogP contribution is 2.20. The summed E-state index contributed by atoms with van der Waals surface area (Å²) < 4.78 is 0. The van der Waals surface area contributed by atoms with Gasteiger partial charge in [0, 0.05) is 6.92 Å². The molecule has 0 atom stereocenters. The maximum atomic E-state index is 11.0. The number of carbonyl (C=O) groups excluding carboxylic acids is 1. The van der Waals surface area contributed by atoms with Gasteiger partial charge >= 0.3 is 5.97 Å². The van der Waals surface area contributed by atoms with E-state index in [0.717, 1.165) is 11.1 Å². The molecule has 0 aliphatic heterocycles. The lowest BCUT2D eigenvalue weighted by atomic mass is 10.0. The van der Waals surface area contributed by atoms with Gasteiger partial charge in [0.1, 0.15) is 5.70 Å². The number of carboxylic acids is 1. The Balaban J connectivity index is 2.26. The molecule has 2 aromatic carbocycles. The third kappa shape index (κ3) is 4.04. The topological polar surface area (TPSA) is 66.4 Å². The minimum Gasteiger partial charge on any atom is -0.477 e. The molecule has 0 aliphatic carbocycles. The molecule has 4 nitrogen and oxygen atoms in total. The molecule has 0 saturated heterocycles. The number of benzene rings is 2. The van der Waals surface area contributed by atoms with E-state index in [1.807, 2.05) is 54.6 Å². The van der Waals surface area contributed by atoms with Gasteiger partial charge in [0.15, 0.2) is 0 Å². The second-order valence-electron chi connectivity index (χ2n) is 4.53. The van der Waals surface area contributed by atoms with Crippen LogP contribution in [-0.2, 0) is 9.59 Å². The fourth-order valence-electron chi connectivity index (χ4n) is 1.91. The number of amides is 1. The zero-order valence-electron chi connectivity index (χ0n) is 11.5. The summed E-state index contributed by atoms with van der Waals surface area (Å²) in [7, 11) is 0. The predicted molar refractivity (Wildman–Crippen MR) is 81.3 cm³/mol. The Morgan fingerprint density at radius 3 is 2.05 bits per heavy atom. The molecule has 106 valence electrons. The van der Waals surface area contributed by atoms with Gasteiger partial charge in [-0.25, -0.2) is 4.79 Å². The Hall–Kier alpha value is -2.88. The van der Waals surface area contributed by atoms with Crippen LogP contribution in [0.3, 0.4) is 0 Å². The summed E-state index contributed by atoms with van der Waals surface area (Å²) in [5.41, 5.74) is 2.70. The molecule has 0 aromatic heterocycles. The average Bonchev–Trinajstić information content (AvgIpc) is 2.48. The zero-order valence-corrected chi connectivity index (χ0v) is 11.5. The van der Waals surface area contributed by atoms with Crippen molar-refractivity contribution < 1.29 is 14.7 Å². The van der Waals surface area contributed by atoms with Gasteiger partial charge in [-0.15, -0.1) is 0 Å². The first-order valence-corrected chi connectivity index (χ1v) is 6.44. The van der Waals surface area contributed by atoms with Crippen molar-refractivity contribution in [3.05, 3.63) is 65.9 Å². The second-order valence-corrected chi connectivity index (χ2v) is 4.53. The molecule has 0 unspecified atom stereocenters. The highest BCUT2D eigenvalue weighted by Gasteiger charge is 2.08. The predicted octanol–water partition coefficient (Wildman–Crippen LogP) is 2.92. The molecule has 2 rings (SSSR count). The van der Waals surface area contributed by atoms with E-state index >= 15 is 0 Å². The molecule has 0 spiro atoms. The summed E-state index contributed by atoms with van der Waals surface area (Å²) in [5.74, 6) is -1.58. The number of hydrogen-bond acceptors (Lipinski definition) is 2. The van der Waals surface area contributed by atoms with E-state index in [9.17, 15) is 9.59 Å². The van der Waals surface area contributed by atoms with Crippen molar-refractivity contribution in [1.82, 2.24) is 5.32 Å². The van der Waals surface area contributed by atoms with Gasteiger partial charge in [0.05, 0.1) is 0 Å². The molecule has 1 amide bonds. The summed E-state index contributed by atoms with van der Waals surface area (Å²) in [6.07, 6.45) is 1.43. The summed E-state index contributed by atoms with van der Waals surface area (Å²) >= 11 is 0. The lowest BCUT2D eigenvalue weighted by molar-refractivity contribution is -0.134. The molecule has 4 heteroatoms. The van der Waals surface area contributed by atoms with Gasteiger partial charge in [-0.1, -0.05) is 54.6 Å². The third-order valence-corrected chi connectivity index (χ3v) is 2.87. The highest BCUT2D eigenvalue weighted by atomic mass is 16.4. The van der Waals surface area contributed by atoms with Crippen LogP contribution in [0.25, 0.3) is 17.2 Å². The van der Waals surface area contributed by atoms with E-state index in [1.54, 1.807) is 0 Å². The van der Waals surface area contributed by atoms with Crippen LogP contribution in [-0.4, -0.2) is 17.0 Å². The van der Waals surface area contributed by atoms with Crippen LogP contribution in [0.1, 0.15) is 12.5 Å². The zero-order chi connectivity index (χ0) is 15.2. The maximum absolute atomic E-state index is 11.0. The monoisotopic (exact) mass is 281 g/mol. The molecular weight excluding hydrogens is 266 g/mol. The fourth-order valence-corrected chi connectivity index (χ4v) is 1.91. The number of carboxylic acid groups (broad SMARTS) is 1. The molecule has 0 fully saturated rings. The van der Waals surface area contributed by atoms with Gasteiger partial charge in [-0.2, -0.15) is 0 Å². The van der Waals surface area contributed by atoms with Crippen LogP contribution < -0.4 is 5.32 Å². The van der Waals surface area contributed by atoms with Gasteiger partial charge in [0.2, 0.25) is 5.91 Å². The normalized spacial score (nSPS) is 11.0. The first-order valence-electron chi connectivity index (χ1n) is 6.44. The summed E-state index contributed by atoms with van der Waals surface area (Å²) in [6, 6.07) is 17.3. The number of hydrogen-bond donors (Lipinski definition) is 2. The standard InChI is InChI=1S/C17H15NO3/c1-12(19)18-16(17(20)21)11-13-7-9-15(10-8-13)14-5-3-2-4-6-14/h2-11H,1H3,(H,18,19)(H,20,21)/b16-11-. The van der Waals surface area contributed by atoms with Crippen molar-refractivity contribution in [2.45, 2.75) is 6.92 Å². The van der Waals surface area contributed by atoms with E-state index in [0.29, 0.717) is 5.56 Å². The molecular formula is C17H15NO3. The van der Waals surface area contributed by atoms with E-state index in [1.165, 1.54) is 13.0 Å². The molecule has 2 N–H and O–H groups in total. The quantitative estimate of drug-likeness (QED) is 0.847. The van der Waals surface area contributed by atoms with Crippen molar-refractivity contribution >= 4 is 18.0 Å². The van der Waals surface area contributed by atoms with Gasteiger partial charge in [-0.3, -0.25) is 4.79 Å². The van der Waals surface area contributed by atoms with E-state index in [2.05, 4.69) is 5.32 Å². The van der Waals surface area contributed by atoms with Crippen LogP contribution in [0.4, 0.5) is 0 Å². The summed E-state index contributed by atoms with van der Waals surface area (Å²) in [6.45, 7) is 1.27. The van der Waals surface area contributed by atoms with Crippen LogP contribution in [0, 0.1) is 0 Å². The Labute approximate surface area is 122 Å². The number of carbonyl (C=O) groups is 2. The SMILES string of the molecule is CC(=O)N/C(=C\c1ccc(-c2ccccc2)cc1)C(=O)O. The van der Waals surface area contributed by atoms with E-state index in [4.69, 9.17) is 5.11 Å². The fraction of sp³-hybridized carbons (Fsp3) is 0.0588. The Bertz CT molecular complexity index is 673. The molecule has 21 heavy (non-hydrogen) atoms. The van der Waals surface area contributed by atoms with Crippen LogP contribution in [0.2, 0.25) is 0 Å². The lowest BCUT2D eigenvalue weighted by Crippen LogP contribution is -2.24. The van der Waals surface area contributed by atoms with Crippen LogP contribution >= 0.6 is 0 Å². The smallest absolute Gasteiger partial charge is 0.352 e. The Morgan fingerprint density at radius 2 is 1.52 bits per heavy atom. The summed E-state index contributed by atoms with van der Waals surface area (Å²) in [5, 5.41) is 11.3. The van der Waals surface area contributed by atoms with Crippen molar-refractivity contribution in [3.63, 3.8) is 0 Å². The molecule has 2 aromatic rings. The van der Waals surface area contributed by atoms with Crippen molar-refractivity contribution in [1.29, 1.82) is 0 Å². The molecule has 0 radical (unpaired) electrons. The van der Waals surface area contributed by atoms with Crippen LogP contribution in [0.5, 0.6) is 0 Å². The lowest BCUT2D eigenvalue weighted by Gasteiger charge is -2.04. The minimum absolute atomic E-state index is 0.144. The molecule has 0 saturated carbocycles. The molecule has 0 aliphatic rings. The Kier molecular flexibility index (Phi) is 4.51. The molecule has 0 bridgehead atoms. The van der Waals surface area contributed by atoms with Crippen molar-refractivity contribution in [2.24, 2.45) is 0 Å². The van der Waals surface area contributed by atoms with E-state index in [-0.39, 0.29) is 5.70 Å².